The lowest BCUT2D eigenvalue weighted by molar-refractivity contribution is -0.168. The molecule has 2 aliphatic rings. The summed E-state index contributed by atoms with van der Waals surface area (Å²) < 4.78 is 0. The summed E-state index contributed by atoms with van der Waals surface area (Å²) in [4.78, 5) is 28.1. The molecule has 0 aromatic heterocycles. The standard InChI is InChI=1S/C11H18N2O3/c1-8-7-9(8)11(15)12-4-3-10(14)13-5-2-6-16-13/h8-9H,2-7H2,1H3,(H,12,15). The molecule has 1 aliphatic heterocycles. The first-order valence-corrected chi connectivity index (χ1v) is 5.89. The maximum absolute atomic E-state index is 11.5. The van der Waals surface area contributed by atoms with Crippen molar-refractivity contribution in [3.05, 3.63) is 0 Å². The molecule has 1 saturated carbocycles. The number of nitrogens with zero attached hydrogens (tertiary/aromatic N) is 1. The fourth-order valence-corrected chi connectivity index (χ4v) is 1.88. The van der Waals surface area contributed by atoms with Crippen molar-refractivity contribution in [1.82, 2.24) is 10.4 Å². The van der Waals surface area contributed by atoms with Gasteiger partial charge in [0.15, 0.2) is 0 Å². The summed E-state index contributed by atoms with van der Waals surface area (Å²) in [6.45, 7) is 3.78. The molecular formula is C11H18N2O3. The summed E-state index contributed by atoms with van der Waals surface area (Å²) in [7, 11) is 0. The van der Waals surface area contributed by atoms with Crippen LogP contribution in [0.3, 0.4) is 0 Å². The summed E-state index contributed by atoms with van der Waals surface area (Å²) in [5.74, 6) is 0.736. The quantitative estimate of drug-likeness (QED) is 0.750. The summed E-state index contributed by atoms with van der Waals surface area (Å²) in [6, 6.07) is 0. The molecule has 2 amide bonds. The van der Waals surface area contributed by atoms with Crippen LogP contribution in [-0.2, 0) is 14.4 Å². The van der Waals surface area contributed by atoms with Gasteiger partial charge in [-0.3, -0.25) is 14.4 Å². The van der Waals surface area contributed by atoms with E-state index in [0.29, 0.717) is 32.0 Å². The zero-order chi connectivity index (χ0) is 11.5. The minimum Gasteiger partial charge on any atom is -0.355 e. The molecule has 2 fully saturated rings. The average Bonchev–Trinajstić information content (AvgIpc) is 2.81. The monoisotopic (exact) mass is 226 g/mol. The van der Waals surface area contributed by atoms with Gasteiger partial charge in [-0.05, 0) is 18.8 Å². The van der Waals surface area contributed by atoms with Gasteiger partial charge in [-0.15, -0.1) is 0 Å². The van der Waals surface area contributed by atoms with Gasteiger partial charge in [-0.1, -0.05) is 6.92 Å². The highest BCUT2D eigenvalue weighted by Crippen LogP contribution is 2.37. The summed E-state index contributed by atoms with van der Waals surface area (Å²) in [5.41, 5.74) is 0. The molecule has 1 N–H and O–H groups in total. The van der Waals surface area contributed by atoms with Crippen LogP contribution >= 0.6 is 0 Å². The van der Waals surface area contributed by atoms with Gasteiger partial charge in [0.25, 0.3) is 0 Å². The van der Waals surface area contributed by atoms with Crippen molar-refractivity contribution in [1.29, 1.82) is 0 Å². The molecule has 0 aromatic rings. The Balaban J connectivity index is 1.60. The summed E-state index contributed by atoms with van der Waals surface area (Å²) >= 11 is 0. The van der Waals surface area contributed by atoms with E-state index in [9.17, 15) is 9.59 Å². The molecule has 2 rings (SSSR count). The predicted molar refractivity (Wildman–Crippen MR) is 57.2 cm³/mol. The van der Waals surface area contributed by atoms with Crippen LogP contribution in [-0.4, -0.2) is 36.6 Å². The van der Waals surface area contributed by atoms with Gasteiger partial charge in [0, 0.05) is 18.9 Å². The van der Waals surface area contributed by atoms with E-state index in [1.54, 1.807) is 0 Å². The van der Waals surface area contributed by atoms with Gasteiger partial charge in [-0.25, -0.2) is 5.06 Å². The molecule has 1 aliphatic carbocycles. The minimum absolute atomic E-state index is 0.0401. The van der Waals surface area contributed by atoms with Crippen LogP contribution < -0.4 is 5.32 Å². The molecule has 2 atom stereocenters. The molecule has 0 aromatic carbocycles. The van der Waals surface area contributed by atoms with Crippen molar-refractivity contribution in [2.45, 2.75) is 26.2 Å². The fraction of sp³-hybridized carbons (Fsp3) is 0.818. The van der Waals surface area contributed by atoms with Crippen LogP contribution in [0.1, 0.15) is 26.2 Å². The maximum atomic E-state index is 11.5. The number of rotatable bonds is 4. The van der Waals surface area contributed by atoms with Crippen molar-refractivity contribution in [2.75, 3.05) is 19.7 Å². The number of carbonyl (C=O) groups excluding carboxylic acids is 2. The number of nitrogens with one attached hydrogen (secondary N) is 1. The van der Waals surface area contributed by atoms with Crippen LogP contribution in [0.5, 0.6) is 0 Å². The Kier molecular flexibility index (Phi) is 3.43. The van der Waals surface area contributed by atoms with E-state index in [0.717, 1.165) is 12.8 Å². The highest BCUT2D eigenvalue weighted by atomic mass is 16.7. The van der Waals surface area contributed by atoms with E-state index in [1.807, 2.05) is 0 Å². The van der Waals surface area contributed by atoms with Crippen molar-refractivity contribution < 1.29 is 14.4 Å². The lowest BCUT2D eigenvalue weighted by atomic mass is 10.3. The molecule has 5 nitrogen and oxygen atoms in total. The third kappa shape index (κ3) is 2.72. The second-order valence-electron chi connectivity index (χ2n) is 4.54. The van der Waals surface area contributed by atoms with Crippen LogP contribution in [0, 0.1) is 11.8 Å². The van der Waals surface area contributed by atoms with Gasteiger partial charge >= 0.3 is 0 Å². The smallest absolute Gasteiger partial charge is 0.247 e. The Morgan fingerprint density at radius 1 is 1.50 bits per heavy atom. The average molecular weight is 226 g/mol. The Morgan fingerprint density at radius 3 is 2.81 bits per heavy atom. The van der Waals surface area contributed by atoms with E-state index in [1.165, 1.54) is 5.06 Å². The van der Waals surface area contributed by atoms with Gasteiger partial charge in [0.1, 0.15) is 0 Å². The van der Waals surface area contributed by atoms with Crippen LogP contribution in [0.2, 0.25) is 0 Å². The highest BCUT2D eigenvalue weighted by Gasteiger charge is 2.38. The van der Waals surface area contributed by atoms with E-state index in [-0.39, 0.29) is 17.7 Å². The van der Waals surface area contributed by atoms with E-state index >= 15 is 0 Å². The third-order valence-electron chi connectivity index (χ3n) is 3.12. The first-order valence-electron chi connectivity index (χ1n) is 5.89. The Hall–Kier alpha value is -1.10. The second kappa shape index (κ2) is 4.82. The summed E-state index contributed by atoms with van der Waals surface area (Å²) in [6.07, 6.45) is 2.21. The second-order valence-corrected chi connectivity index (χ2v) is 4.54. The van der Waals surface area contributed by atoms with Gasteiger partial charge in [-0.2, -0.15) is 0 Å². The lowest BCUT2D eigenvalue weighted by Gasteiger charge is -2.13. The first-order chi connectivity index (χ1) is 7.68. The lowest BCUT2D eigenvalue weighted by Crippen LogP contribution is -2.32. The van der Waals surface area contributed by atoms with Gasteiger partial charge < -0.3 is 5.32 Å². The zero-order valence-electron chi connectivity index (χ0n) is 9.57. The molecular weight excluding hydrogens is 208 g/mol. The normalized spacial score (nSPS) is 27.9. The molecule has 2 unspecified atom stereocenters. The van der Waals surface area contributed by atoms with Crippen molar-refractivity contribution in [3.8, 4) is 0 Å². The van der Waals surface area contributed by atoms with E-state index < -0.39 is 0 Å². The number of amides is 2. The maximum Gasteiger partial charge on any atom is 0.247 e. The minimum atomic E-state index is -0.0401. The number of hydroxylamine groups is 2. The zero-order valence-corrected chi connectivity index (χ0v) is 9.57. The molecule has 0 radical (unpaired) electrons. The van der Waals surface area contributed by atoms with Gasteiger partial charge in [0.05, 0.1) is 13.2 Å². The molecule has 90 valence electrons. The number of carbonyl (C=O) groups is 2. The van der Waals surface area contributed by atoms with E-state index in [4.69, 9.17) is 4.84 Å². The summed E-state index contributed by atoms with van der Waals surface area (Å²) in [5, 5.41) is 4.18. The molecule has 1 saturated heterocycles. The molecule has 16 heavy (non-hydrogen) atoms. The van der Waals surface area contributed by atoms with Crippen molar-refractivity contribution in [2.24, 2.45) is 11.8 Å². The highest BCUT2D eigenvalue weighted by molar-refractivity contribution is 5.82. The first kappa shape index (κ1) is 11.4. The SMILES string of the molecule is CC1CC1C(=O)NCCC(=O)N1CCCO1. The van der Waals surface area contributed by atoms with Gasteiger partial charge in [0.2, 0.25) is 11.8 Å². The van der Waals surface area contributed by atoms with Crippen LogP contribution in [0.25, 0.3) is 0 Å². The molecule has 5 heteroatoms. The molecule has 1 heterocycles. The van der Waals surface area contributed by atoms with Crippen LogP contribution in [0.15, 0.2) is 0 Å². The predicted octanol–water partition coefficient (Wildman–Crippen LogP) is 0.313. The number of hydrogen-bond acceptors (Lipinski definition) is 3. The topological polar surface area (TPSA) is 58.6 Å². The Labute approximate surface area is 95.1 Å². The van der Waals surface area contributed by atoms with Crippen molar-refractivity contribution >= 4 is 11.8 Å². The number of hydrogen-bond donors (Lipinski definition) is 1. The molecule has 0 bridgehead atoms. The van der Waals surface area contributed by atoms with Crippen LogP contribution in [0.4, 0.5) is 0 Å². The third-order valence-corrected chi connectivity index (χ3v) is 3.12. The fourth-order valence-electron chi connectivity index (χ4n) is 1.88. The Bertz CT molecular complexity index is 287. The molecule has 0 spiro atoms. The van der Waals surface area contributed by atoms with Crippen molar-refractivity contribution in [3.63, 3.8) is 0 Å². The largest absolute Gasteiger partial charge is 0.355 e. The van der Waals surface area contributed by atoms with E-state index in [2.05, 4.69) is 12.2 Å². The Morgan fingerprint density at radius 2 is 2.25 bits per heavy atom.